The molecule has 0 spiro atoms. The van der Waals surface area contributed by atoms with E-state index in [-0.39, 0.29) is 5.56 Å². The van der Waals surface area contributed by atoms with Crippen molar-refractivity contribution < 1.29 is 0 Å². The Morgan fingerprint density at radius 1 is 1.04 bits per heavy atom. The van der Waals surface area contributed by atoms with Crippen molar-refractivity contribution in [3.05, 3.63) is 77.9 Å². The van der Waals surface area contributed by atoms with E-state index in [9.17, 15) is 4.79 Å². The summed E-state index contributed by atoms with van der Waals surface area (Å²) in [6.07, 6.45) is 1.85. The molecule has 0 fully saturated rings. The second-order valence-corrected chi connectivity index (χ2v) is 7.85. The molecular weight excluding hydrogens is 454 g/mol. The first-order valence-corrected chi connectivity index (χ1v) is 9.44. The van der Waals surface area contributed by atoms with Gasteiger partial charge in [-0.2, -0.15) is 9.50 Å². The number of benzene rings is 2. The fourth-order valence-electron chi connectivity index (χ4n) is 2.29. The van der Waals surface area contributed by atoms with Crippen LogP contribution in [0.4, 0.5) is 0 Å². The molecule has 7 heteroatoms. The molecule has 0 atom stereocenters. The predicted octanol–water partition coefficient (Wildman–Crippen LogP) is 3.89. The third-order valence-electron chi connectivity index (χ3n) is 3.48. The zero-order valence-corrected chi connectivity index (χ0v) is 16.1. The fourth-order valence-corrected chi connectivity index (χ4v) is 3.85. The summed E-state index contributed by atoms with van der Waals surface area (Å²) in [4.78, 5) is 17.6. The molecule has 0 aliphatic heterocycles. The molecule has 2 aromatic heterocycles. The average molecular weight is 463 g/mol. The highest BCUT2D eigenvalue weighted by molar-refractivity contribution is 9.10. The van der Waals surface area contributed by atoms with Crippen LogP contribution in [0, 0.1) is 0 Å². The van der Waals surface area contributed by atoms with E-state index < -0.39 is 0 Å². The minimum absolute atomic E-state index is 0.151. The van der Waals surface area contributed by atoms with Gasteiger partial charge in [-0.3, -0.25) is 4.79 Å². The Labute approximate surface area is 157 Å². The molecule has 0 aliphatic carbocycles. The van der Waals surface area contributed by atoms with Crippen LogP contribution in [0.5, 0.6) is 0 Å². The Morgan fingerprint density at radius 2 is 1.79 bits per heavy atom. The lowest BCUT2D eigenvalue weighted by Crippen LogP contribution is -2.23. The first-order valence-electron chi connectivity index (χ1n) is 7.03. The number of thiazole rings is 1. The van der Waals surface area contributed by atoms with Crippen LogP contribution in [0.1, 0.15) is 5.56 Å². The highest BCUT2D eigenvalue weighted by Crippen LogP contribution is 2.20. The Kier molecular flexibility index (Phi) is 4.07. The van der Waals surface area contributed by atoms with Crippen LogP contribution in [-0.4, -0.2) is 14.6 Å². The van der Waals surface area contributed by atoms with Crippen molar-refractivity contribution in [3.63, 3.8) is 0 Å². The van der Waals surface area contributed by atoms with Gasteiger partial charge >= 0.3 is 0 Å². The third kappa shape index (κ3) is 2.83. The van der Waals surface area contributed by atoms with Gasteiger partial charge in [0.05, 0.1) is 4.53 Å². The Balaban J connectivity index is 1.83. The normalized spacial score (nSPS) is 12.2. The quantitative estimate of drug-likeness (QED) is 0.454. The van der Waals surface area contributed by atoms with E-state index in [1.54, 1.807) is 0 Å². The van der Waals surface area contributed by atoms with Gasteiger partial charge in [-0.15, -0.1) is 5.10 Å². The van der Waals surface area contributed by atoms with E-state index >= 15 is 0 Å². The maximum Gasteiger partial charge on any atom is 0.291 e. The minimum atomic E-state index is -0.151. The summed E-state index contributed by atoms with van der Waals surface area (Å²) in [7, 11) is 0. The second-order valence-electron chi connectivity index (χ2n) is 5.07. The Bertz CT molecular complexity index is 1150. The molecule has 0 bridgehead atoms. The molecule has 4 rings (SSSR count). The molecular formula is C17H9Br2N3OS. The predicted molar refractivity (Wildman–Crippen MR) is 103 cm³/mol. The van der Waals surface area contributed by atoms with E-state index in [2.05, 4.69) is 41.9 Å². The summed E-state index contributed by atoms with van der Waals surface area (Å²) in [5, 5.41) is 4.35. The topological polar surface area (TPSA) is 47.3 Å². The van der Waals surface area contributed by atoms with Crippen LogP contribution in [0.15, 0.2) is 62.3 Å². The number of hydrogen-bond donors (Lipinski definition) is 0. The second kappa shape index (κ2) is 6.23. The molecule has 0 amide bonds. The van der Waals surface area contributed by atoms with Gasteiger partial charge in [-0.1, -0.05) is 73.5 Å². The van der Waals surface area contributed by atoms with Crippen molar-refractivity contribution in [1.29, 1.82) is 0 Å². The van der Waals surface area contributed by atoms with E-state index in [0.717, 1.165) is 20.1 Å². The average Bonchev–Trinajstić information content (AvgIpc) is 3.11. The molecule has 24 heavy (non-hydrogen) atoms. The molecule has 0 saturated heterocycles. The van der Waals surface area contributed by atoms with Gasteiger partial charge in [0.2, 0.25) is 4.96 Å². The molecule has 0 aliphatic rings. The highest BCUT2D eigenvalue weighted by atomic mass is 79.9. The zero-order valence-electron chi connectivity index (χ0n) is 12.1. The van der Waals surface area contributed by atoms with Crippen molar-refractivity contribution in [1.82, 2.24) is 14.6 Å². The summed E-state index contributed by atoms with van der Waals surface area (Å²) in [5.74, 6) is 0.554. The van der Waals surface area contributed by atoms with Crippen LogP contribution in [0.3, 0.4) is 0 Å². The van der Waals surface area contributed by atoms with Gasteiger partial charge in [0.25, 0.3) is 5.56 Å². The molecule has 118 valence electrons. The first kappa shape index (κ1) is 15.7. The summed E-state index contributed by atoms with van der Waals surface area (Å²) >= 11 is 8.23. The zero-order chi connectivity index (χ0) is 16.7. The molecule has 0 unspecified atom stereocenters. The largest absolute Gasteiger partial charge is 0.291 e. The number of rotatable bonds is 2. The number of fused-ring (bicyclic) bond motifs is 1. The number of aromatic nitrogens is 3. The molecule has 2 heterocycles. The van der Waals surface area contributed by atoms with Crippen molar-refractivity contribution in [2.45, 2.75) is 0 Å². The number of halogens is 2. The van der Waals surface area contributed by atoms with Gasteiger partial charge in [-0.25, -0.2) is 0 Å². The maximum atomic E-state index is 12.6. The van der Waals surface area contributed by atoms with Crippen molar-refractivity contribution in [3.8, 4) is 11.4 Å². The molecule has 0 N–H and O–H groups in total. The Morgan fingerprint density at radius 3 is 2.50 bits per heavy atom. The van der Waals surface area contributed by atoms with Crippen LogP contribution >= 0.6 is 43.2 Å². The summed E-state index contributed by atoms with van der Waals surface area (Å²) in [6, 6.07) is 15.5. The lowest BCUT2D eigenvalue weighted by atomic mass is 10.2. The van der Waals surface area contributed by atoms with Crippen LogP contribution < -0.4 is 10.1 Å². The van der Waals surface area contributed by atoms with E-state index in [1.807, 2.05) is 54.6 Å². The molecule has 4 nitrogen and oxygen atoms in total. The smallest absolute Gasteiger partial charge is 0.266 e. The molecule has 2 aromatic carbocycles. The Hall–Kier alpha value is -1.83. The monoisotopic (exact) mass is 461 g/mol. The lowest BCUT2D eigenvalue weighted by molar-refractivity contribution is 0.937. The van der Waals surface area contributed by atoms with Crippen LogP contribution in [0.25, 0.3) is 22.4 Å². The standard InChI is InChI=1S/C17H9Br2N3OS/c18-12-7-5-10(6-8-12)15-20-17-22(21-15)16(23)14(24-17)9-11-3-1-2-4-13(11)19/h1-9H. The molecule has 4 aromatic rings. The van der Waals surface area contributed by atoms with Gasteiger partial charge < -0.3 is 0 Å². The third-order valence-corrected chi connectivity index (χ3v) is 5.69. The van der Waals surface area contributed by atoms with Crippen molar-refractivity contribution in [2.75, 3.05) is 0 Å². The van der Waals surface area contributed by atoms with E-state index in [0.29, 0.717) is 15.3 Å². The van der Waals surface area contributed by atoms with Crippen LogP contribution in [0.2, 0.25) is 0 Å². The SMILES string of the molecule is O=c1c(=Cc2ccccc2Br)sc2nc(-c3ccc(Br)cc3)nn12. The van der Waals surface area contributed by atoms with Gasteiger partial charge in [-0.05, 0) is 29.8 Å². The van der Waals surface area contributed by atoms with Crippen LogP contribution in [-0.2, 0) is 0 Å². The van der Waals surface area contributed by atoms with Gasteiger partial charge in [0, 0.05) is 14.5 Å². The molecule has 0 radical (unpaired) electrons. The van der Waals surface area contributed by atoms with E-state index in [4.69, 9.17) is 0 Å². The first-order chi connectivity index (χ1) is 11.6. The number of hydrogen-bond acceptors (Lipinski definition) is 4. The highest BCUT2D eigenvalue weighted by Gasteiger charge is 2.12. The lowest BCUT2D eigenvalue weighted by Gasteiger charge is -1.95. The van der Waals surface area contributed by atoms with Gasteiger partial charge in [0.1, 0.15) is 0 Å². The van der Waals surface area contributed by atoms with E-state index in [1.165, 1.54) is 15.9 Å². The van der Waals surface area contributed by atoms with Crippen molar-refractivity contribution >= 4 is 54.2 Å². The van der Waals surface area contributed by atoms with Gasteiger partial charge in [0.15, 0.2) is 5.82 Å². The van der Waals surface area contributed by atoms with Crippen molar-refractivity contribution in [2.24, 2.45) is 0 Å². The summed E-state index contributed by atoms with van der Waals surface area (Å²) in [5.41, 5.74) is 1.68. The fraction of sp³-hybridized carbons (Fsp3) is 0. The maximum absolute atomic E-state index is 12.6. The minimum Gasteiger partial charge on any atom is -0.266 e. The summed E-state index contributed by atoms with van der Waals surface area (Å²) < 4.78 is 3.91. The summed E-state index contributed by atoms with van der Waals surface area (Å²) in [6.45, 7) is 0. The number of nitrogens with zero attached hydrogens (tertiary/aromatic N) is 3. The molecule has 0 saturated carbocycles.